The SMILES string of the molecule is COC(=O)Cc1ccc(Oc2ccc3c(c2N)CC(=O)N3)c(Cl)c1.COC(=O)Cc1ccc(Oc2ccc3c(c2[N+](=O)[O-])C(SC)C(=O)N3)c(Cl)c1. The molecule has 0 fully saturated rings. The molecule has 0 aromatic heterocycles. The van der Waals surface area contributed by atoms with Crippen LogP contribution in [-0.4, -0.2) is 49.2 Å². The maximum atomic E-state index is 12.1. The number of nitrogens with two attached hydrogens (primary N) is 1. The van der Waals surface area contributed by atoms with Crippen molar-refractivity contribution in [3.8, 4) is 23.0 Å². The normalized spacial score (nSPS) is 13.8. The van der Waals surface area contributed by atoms with E-state index in [1.807, 2.05) is 0 Å². The molecule has 270 valence electrons. The van der Waals surface area contributed by atoms with Gasteiger partial charge in [0.15, 0.2) is 5.75 Å². The molecule has 0 spiro atoms. The molecule has 2 aliphatic heterocycles. The minimum absolute atomic E-state index is 0.0260. The number of methoxy groups -OCH3 is 2. The molecule has 17 heteroatoms. The Bertz CT molecular complexity index is 2110. The fourth-order valence-corrected chi connectivity index (χ4v) is 6.60. The number of carbonyl (C=O) groups is 4. The zero-order chi connectivity index (χ0) is 37.7. The number of thioether (sulfide) groups is 1. The van der Waals surface area contributed by atoms with Gasteiger partial charge < -0.3 is 35.3 Å². The van der Waals surface area contributed by atoms with Gasteiger partial charge in [-0.2, -0.15) is 0 Å². The number of benzene rings is 4. The number of anilines is 3. The Morgan fingerprint density at radius 3 is 1.88 bits per heavy atom. The summed E-state index contributed by atoms with van der Waals surface area (Å²) in [7, 11) is 2.62. The van der Waals surface area contributed by atoms with Gasteiger partial charge in [0, 0.05) is 11.3 Å². The van der Waals surface area contributed by atoms with Gasteiger partial charge in [-0.15, -0.1) is 11.8 Å². The molecule has 4 N–H and O–H groups in total. The number of nitrogen functional groups attached to an aromatic ring is 1. The lowest BCUT2D eigenvalue weighted by atomic mass is 10.1. The second-order valence-corrected chi connectivity index (χ2v) is 13.0. The van der Waals surface area contributed by atoms with Gasteiger partial charge in [-0.3, -0.25) is 29.3 Å². The minimum Gasteiger partial charge on any atom is -0.469 e. The third-order valence-corrected chi connectivity index (χ3v) is 9.38. The molecule has 0 radical (unpaired) electrons. The summed E-state index contributed by atoms with van der Waals surface area (Å²) in [6, 6.07) is 16.1. The van der Waals surface area contributed by atoms with Crippen molar-refractivity contribution < 1.29 is 43.0 Å². The summed E-state index contributed by atoms with van der Waals surface area (Å²) in [4.78, 5) is 57.3. The van der Waals surface area contributed by atoms with Gasteiger partial charge in [0.25, 0.3) is 0 Å². The molecule has 2 heterocycles. The number of carbonyl (C=O) groups excluding carboxylic acids is 4. The molecule has 6 rings (SSSR count). The van der Waals surface area contributed by atoms with E-state index in [-0.39, 0.29) is 64.8 Å². The number of amides is 2. The smallest absolute Gasteiger partial charge is 0.318 e. The maximum Gasteiger partial charge on any atom is 0.318 e. The zero-order valence-electron chi connectivity index (χ0n) is 27.7. The highest BCUT2D eigenvalue weighted by atomic mass is 35.5. The van der Waals surface area contributed by atoms with Crippen LogP contribution in [0.5, 0.6) is 23.0 Å². The number of nitrogens with zero attached hydrogens (tertiary/aromatic N) is 1. The molecule has 14 nitrogen and oxygen atoms in total. The number of halogens is 2. The third-order valence-electron chi connectivity index (χ3n) is 7.87. The molecule has 0 aliphatic carbocycles. The van der Waals surface area contributed by atoms with Crippen LogP contribution in [0.25, 0.3) is 0 Å². The number of hydrogen-bond acceptors (Lipinski definition) is 12. The van der Waals surface area contributed by atoms with Crippen LogP contribution in [0.4, 0.5) is 22.7 Å². The van der Waals surface area contributed by atoms with E-state index in [1.54, 1.807) is 48.7 Å². The third kappa shape index (κ3) is 8.33. The van der Waals surface area contributed by atoms with Gasteiger partial charge in [-0.25, -0.2) is 0 Å². The van der Waals surface area contributed by atoms with E-state index in [2.05, 4.69) is 20.1 Å². The highest BCUT2D eigenvalue weighted by molar-refractivity contribution is 7.99. The van der Waals surface area contributed by atoms with Gasteiger partial charge in [0.2, 0.25) is 17.6 Å². The highest BCUT2D eigenvalue weighted by Gasteiger charge is 2.39. The summed E-state index contributed by atoms with van der Waals surface area (Å²) in [5, 5.41) is 16.9. The van der Waals surface area contributed by atoms with Crippen molar-refractivity contribution in [2.75, 3.05) is 36.8 Å². The first-order valence-corrected chi connectivity index (χ1v) is 17.3. The molecule has 4 aromatic rings. The van der Waals surface area contributed by atoms with Gasteiger partial charge in [-0.1, -0.05) is 35.3 Å². The Kier molecular flexibility index (Phi) is 11.8. The lowest BCUT2D eigenvalue weighted by molar-refractivity contribution is -0.386. The molecule has 2 amide bonds. The number of fused-ring (bicyclic) bond motifs is 2. The van der Waals surface area contributed by atoms with Gasteiger partial charge in [-0.05, 0) is 65.9 Å². The second kappa shape index (κ2) is 16.2. The Hall–Kier alpha value is -5.51. The number of nitro benzene ring substituents is 1. The van der Waals surface area contributed by atoms with Crippen LogP contribution in [0.3, 0.4) is 0 Å². The number of nitro groups is 1. The van der Waals surface area contributed by atoms with E-state index in [1.165, 1.54) is 44.2 Å². The first kappa shape index (κ1) is 37.7. The molecule has 1 unspecified atom stereocenters. The van der Waals surface area contributed by atoms with Crippen LogP contribution in [0.2, 0.25) is 10.0 Å². The minimum atomic E-state index is -0.697. The maximum absolute atomic E-state index is 12.1. The van der Waals surface area contributed by atoms with E-state index in [4.69, 9.17) is 38.4 Å². The number of rotatable bonds is 10. The average Bonchev–Trinajstić information content (AvgIpc) is 3.66. The van der Waals surface area contributed by atoms with Crippen molar-refractivity contribution in [1.29, 1.82) is 0 Å². The van der Waals surface area contributed by atoms with Crippen LogP contribution in [0.15, 0.2) is 60.7 Å². The zero-order valence-corrected chi connectivity index (χ0v) is 30.1. The van der Waals surface area contributed by atoms with E-state index in [0.29, 0.717) is 39.1 Å². The van der Waals surface area contributed by atoms with Crippen LogP contribution in [-0.2, 0) is 47.9 Å². The largest absolute Gasteiger partial charge is 0.469 e. The first-order valence-electron chi connectivity index (χ1n) is 15.3. The van der Waals surface area contributed by atoms with Gasteiger partial charge in [0.05, 0.1) is 65.4 Å². The predicted octanol–water partition coefficient (Wildman–Crippen LogP) is 7.04. The van der Waals surface area contributed by atoms with Crippen LogP contribution < -0.4 is 25.8 Å². The standard InChI is InChI=1S/C18H15ClN2O6S.C17H15ClN2O4/c1-26-14(22)8-9-3-5-12(10(19)7-9)27-13-6-4-11-15(16(13)21(24)25)17(28-2)18(23)20-11;1-23-16(22)7-9-2-4-13(11(18)6-9)24-14-5-3-12-10(17(14)19)8-15(21)20-12/h3-7,17H,8H2,1-2H3,(H,20,23);2-6H,7-8,19H2,1H3,(H,20,21). The monoisotopic (exact) mass is 768 g/mol. The number of esters is 2. The Balaban J connectivity index is 0.000000203. The molecule has 52 heavy (non-hydrogen) atoms. The number of ether oxygens (including phenoxy) is 4. The van der Waals surface area contributed by atoms with Crippen molar-refractivity contribution in [2.45, 2.75) is 24.5 Å². The van der Waals surface area contributed by atoms with Gasteiger partial charge in [0.1, 0.15) is 16.7 Å². The molecule has 0 bridgehead atoms. The van der Waals surface area contributed by atoms with E-state index in [0.717, 1.165) is 11.1 Å². The summed E-state index contributed by atoms with van der Waals surface area (Å²) >= 11 is 13.6. The van der Waals surface area contributed by atoms with Crippen LogP contribution >= 0.6 is 35.0 Å². The molecule has 1 atom stereocenters. The Morgan fingerprint density at radius 2 is 1.37 bits per heavy atom. The fourth-order valence-electron chi connectivity index (χ4n) is 5.37. The van der Waals surface area contributed by atoms with Crippen LogP contribution in [0, 0.1) is 10.1 Å². The number of hydrogen-bond donors (Lipinski definition) is 3. The second-order valence-electron chi connectivity index (χ2n) is 11.2. The predicted molar refractivity (Wildman–Crippen MR) is 196 cm³/mol. The highest BCUT2D eigenvalue weighted by Crippen LogP contribution is 2.49. The molecular formula is C35H30Cl2N4O10S. The fraction of sp³-hybridized carbons (Fsp3) is 0.200. The number of nitrogens with one attached hydrogen (secondary N) is 2. The Morgan fingerprint density at radius 1 is 0.846 bits per heavy atom. The summed E-state index contributed by atoms with van der Waals surface area (Å²) in [6.45, 7) is 0. The molecule has 0 saturated carbocycles. The van der Waals surface area contributed by atoms with E-state index in [9.17, 15) is 29.3 Å². The summed E-state index contributed by atoms with van der Waals surface area (Å²) in [6.07, 6.45) is 2.10. The summed E-state index contributed by atoms with van der Waals surface area (Å²) in [5.41, 5.74) is 9.62. The lowest BCUT2D eigenvalue weighted by Gasteiger charge is -2.13. The first-order chi connectivity index (χ1) is 24.8. The topological polar surface area (TPSA) is 198 Å². The van der Waals surface area contributed by atoms with E-state index < -0.39 is 16.1 Å². The lowest BCUT2D eigenvalue weighted by Crippen LogP contribution is -2.09. The van der Waals surface area contributed by atoms with Crippen molar-refractivity contribution in [3.63, 3.8) is 0 Å². The summed E-state index contributed by atoms with van der Waals surface area (Å²) in [5.74, 6) is -0.175. The Labute approximate surface area is 311 Å². The molecule has 4 aromatic carbocycles. The van der Waals surface area contributed by atoms with Gasteiger partial charge >= 0.3 is 17.6 Å². The molecule has 2 aliphatic rings. The van der Waals surface area contributed by atoms with Crippen molar-refractivity contribution in [3.05, 3.63) is 103 Å². The summed E-state index contributed by atoms with van der Waals surface area (Å²) < 4.78 is 20.7. The molecule has 0 saturated heterocycles. The van der Waals surface area contributed by atoms with E-state index >= 15 is 0 Å². The van der Waals surface area contributed by atoms with Crippen LogP contribution in [0.1, 0.15) is 27.5 Å². The van der Waals surface area contributed by atoms with Crippen molar-refractivity contribution in [1.82, 2.24) is 0 Å². The average molecular weight is 770 g/mol. The van der Waals surface area contributed by atoms with Crippen molar-refractivity contribution in [2.24, 2.45) is 0 Å². The quantitative estimate of drug-likeness (QED) is 0.0645. The van der Waals surface area contributed by atoms with Crippen molar-refractivity contribution >= 4 is 81.5 Å². The molecular weight excluding hydrogens is 739 g/mol.